The molecule has 18 nitrogen and oxygen atoms in total. The number of fused-ring (bicyclic) bond motifs is 3. The Kier molecular flexibility index (Phi) is 33.9. The van der Waals surface area contributed by atoms with Crippen LogP contribution in [0.2, 0.25) is 30.1 Å². The van der Waals surface area contributed by atoms with Crippen LogP contribution in [0.3, 0.4) is 0 Å². The van der Waals surface area contributed by atoms with Crippen molar-refractivity contribution in [1.29, 1.82) is 0 Å². The molecule has 0 spiro atoms. The van der Waals surface area contributed by atoms with Crippen LogP contribution in [0, 0.1) is 0 Å². The minimum atomic E-state index is -3.53. The summed E-state index contributed by atoms with van der Waals surface area (Å²) in [6.07, 6.45) is 2.37. The molecule has 3 aliphatic heterocycles. The molecular formula is C75H96Cl6N6O12S. The van der Waals surface area contributed by atoms with Crippen molar-refractivity contribution in [1.82, 2.24) is 25.3 Å². The molecule has 0 aliphatic carbocycles. The van der Waals surface area contributed by atoms with Gasteiger partial charge in [0.1, 0.15) is 0 Å². The second-order valence-electron chi connectivity index (χ2n) is 25.7. The van der Waals surface area contributed by atoms with Gasteiger partial charge in [0.15, 0.2) is 22.0 Å². The second kappa shape index (κ2) is 41.8. The number of carbonyl (C=O) groups excluding carboxylic acids is 2. The van der Waals surface area contributed by atoms with E-state index >= 15 is 0 Å². The summed E-state index contributed by atoms with van der Waals surface area (Å²) in [5.41, 5.74) is 18.4. The van der Waals surface area contributed by atoms with Gasteiger partial charge >= 0.3 is 0 Å². The van der Waals surface area contributed by atoms with Crippen LogP contribution >= 0.6 is 69.6 Å². The smallest absolute Gasteiger partial charge is 0.252 e. The van der Waals surface area contributed by atoms with E-state index < -0.39 is 33.9 Å². The van der Waals surface area contributed by atoms with Crippen molar-refractivity contribution >= 4 is 91.3 Å². The van der Waals surface area contributed by atoms with Gasteiger partial charge in [0, 0.05) is 127 Å². The number of hydrogen-bond donors (Lipinski definition) is 5. The summed E-state index contributed by atoms with van der Waals surface area (Å²) < 4.78 is 59.1. The molecule has 546 valence electrons. The van der Waals surface area contributed by atoms with Gasteiger partial charge in [-0.05, 0) is 176 Å². The normalized spacial score (nSPS) is 17.0. The summed E-state index contributed by atoms with van der Waals surface area (Å²) in [6, 6.07) is 36.2. The summed E-state index contributed by atoms with van der Waals surface area (Å²) in [4.78, 5) is 31.6. The number of nitrogens with one attached hydrogen (secondary N) is 2. The predicted octanol–water partition coefficient (Wildman–Crippen LogP) is 11.5. The van der Waals surface area contributed by atoms with Crippen LogP contribution in [0.5, 0.6) is 0 Å². The molecule has 6 aromatic carbocycles. The van der Waals surface area contributed by atoms with Crippen LogP contribution in [0.15, 0.2) is 114 Å². The lowest BCUT2D eigenvalue weighted by Gasteiger charge is -2.33. The Balaban J connectivity index is 0.000000352. The number of carbonyl (C=O) groups is 2. The first-order chi connectivity index (χ1) is 48.2. The molecule has 0 bridgehead atoms. The molecule has 0 fully saturated rings. The van der Waals surface area contributed by atoms with E-state index in [2.05, 4.69) is 94.0 Å². The summed E-state index contributed by atoms with van der Waals surface area (Å²) in [6.45, 7) is 10.4. The zero-order valence-electron chi connectivity index (χ0n) is 57.4. The highest BCUT2D eigenvalue weighted by molar-refractivity contribution is 7.91. The number of nitrogens with two attached hydrogens (primary N) is 1. The predicted molar refractivity (Wildman–Crippen MR) is 398 cm³/mol. The summed E-state index contributed by atoms with van der Waals surface area (Å²) in [7, 11) is 2.73. The van der Waals surface area contributed by atoms with E-state index in [1.54, 1.807) is 18.2 Å². The Hall–Kier alpha value is -4.53. The topological polar surface area (TPSA) is 224 Å². The highest BCUT2D eigenvalue weighted by atomic mass is 35.5. The maximum atomic E-state index is 13.0. The molecule has 0 radical (unpaired) electrons. The number of sulfone groups is 1. The van der Waals surface area contributed by atoms with Crippen LogP contribution < -0.4 is 16.4 Å². The fraction of sp³-hybridized carbons (Fsp3) is 0.493. The van der Waals surface area contributed by atoms with Crippen LogP contribution in [-0.4, -0.2) is 203 Å². The van der Waals surface area contributed by atoms with Crippen LogP contribution in [0.1, 0.15) is 111 Å². The lowest BCUT2D eigenvalue weighted by Crippen LogP contribution is -2.50. The SMILES string of the molecule is CN1Cc2c(Cl)cc(Cl)cc2C(c2ccc(CCCCOCCOCCN)cc2)C1.CN1Cc2c(Cl)cc(Cl)cc2C(c2ccc(CCCCOCCOCCNC(=O)C(O)C(O)C(=O)NCCOCCOCCCS(=O)(=O)c3ccc(C4CN(C)Cc5c(Cl)cc(Cl)cc54)cc3)cc2)C1. The first kappa shape index (κ1) is 81.1. The molecule has 6 aromatic rings. The number of rotatable bonds is 38. The Labute approximate surface area is 620 Å². The van der Waals surface area contributed by atoms with Crippen molar-refractivity contribution < 1.29 is 56.6 Å². The molecule has 5 atom stereocenters. The molecule has 25 heteroatoms. The number of aliphatic hydroxyl groups excluding tert-OH is 2. The van der Waals surface area contributed by atoms with E-state index in [4.69, 9.17) is 104 Å². The number of likely N-dealkylation sites (N-methyl/N-ethyl adjacent to an activating group) is 3. The van der Waals surface area contributed by atoms with Crippen molar-refractivity contribution in [3.05, 3.63) is 201 Å². The van der Waals surface area contributed by atoms with Crippen LogP contribution in [0.4, 0.5) is 0 Å². The zero-order chi connectivity index (χ0) is 71.6. The Morgan fingerprint density at radius 1 is 0.460 bits per heavy atom. The maximum Gasteiger partial charge on any atom is 0.252 e. The van der Waals surface area contributed by atoms with Crippen molar-refractivity contribution in [2.45, 2.75) is 99.4 Å². The average Bonchev–Trinajstić information content (AvgIpc) is 0.793. The van der Waals surface area contributed by atoms with Crippen LogP contribution in [0.25, 0.3) is 0 Å². The molecule has 2 amide bonds. The monoisotopic (exact) mass is 1510 g/mol. The number of ether oxygens (including phenoxy) is 6. The van der Waals surface area contributed by atoms with Gasteiger partial charge in [0.25, 0.3) is 11.8 Å². The van der Waals surface area contributed by atoms with Gasteiger partial charge < -0.3 is 69.7 Å². The minimum absolute atomic E-state index is 0.00380. The van der Waals surface area contributed by atoms with E-state index in [1.165, 1.54) is 38.9 Å². The lowest BCUT2D eigenvalue weighted by molar-refractivity contribution is -0.146. The molecule has 0 saturated carbocycles. The number of unbranched alkanes of at least 4 members (excludes halogenated alkanes) is 2. The summed E-state index contributed by atoms with van der Waals surface area (Å²) in [5, 5.41) is 29.2. The fourth-order valence-corrected chi connectivity index (χ4v) is 15.7. The fourth-order valence-electron chi connectivity index (χ4n) is 12.7. The lowest BCUT2D eigenvalue weighted by atomic mass is 9.84. The molecule has 3 heterocycles. The first-order valence-corrected chi connectivity index (χ1v) is 38.2. The van der Waals surface area contributed by atoms with Gasteiger partial charge in [0.2, 0.25) is 0 Å². The van der Waals surface area contributed by atoms with Crippen molar-refractivity contribution in [2.75, 3.05) is 145 Å². The third-order valence-corrected chi connectivity index (χ3v) is 21.4. The van der Waals surface area contributed by atoms with E-state index in [9.17, 15) is 28.2 Å². The molecular weight excluding hydrogens is 1420 g/mol. The van der Waals surface area contributed by atoms with E-state index in [-0.39, 0.29) is 75.0 Å². The van der Waals surface area contributed by atoms with Gasteiger partial charge in [0.05, 0.1) is 70.1 Å². The maximum absolute atomic E-state index is 13.0. The summed E-state index contributed by atoms with van der Waals surface area (Å²) in [5.74, 6) is -1.43. The Morgan fingerprint density at radius 2 is 0.780 bits per heavy atom. The first-order valence-electron chi connectivity index (χ1n) is 34.3. The van der Waals surface area contributed by atoms with Gasteiger partial charge in [-0.2, -0.15) is 0 Å². The number of halogens is 6. The number of aryl methyl sites for hydroxylation is 2. The standard InChI is InChI=1S/C51H64Cl4N4O10S.C24H32Cl2N2O2/c1-58-30-42(40-26-37(52)28-46(54)44(40)32-58)35-9-7-34(8-10-35)6-3-4-17-66-21-23-68-19-15-56-50(62)48(60)49(61)51(63)57-16-20-69-24-22-67-18-5-25-70(64,65)39-13-11-36(12-14-39)43-31-59(2)33-45-41(43)27-38(53)29-47(45)55;1-28-16-22(21-14-20(25)15-24(26)23(21)17-28)19-7-5-18(6-8-19)4-2-3-10-29-12-13-30-11-9-27/h7-14,26-29,42-43,48-49,60-61H,3-6,15-25,30-33H2,1-2H3,(H,56,62)(H,57,63);5-8,14-15,22H,2-4,9-13,16-17,27H2,1H3. The van der Waals surface area contributed by atoms with Gasteiger partial charge in [-0.1, -0.05) is 130 Å². The summed E-state index contributed by atoms with van der Waals surface area (Å²) >= 11 is 38.5. The average molecular weight is 1520 g/mol. The third-order valence-electron chi connectivity index (χ3n) is 17.9. The molecule has 5 unspecified atom stereocenters. The van der Waals surface area contributed by atoms with Crippen molar-refractivity contribution in [3.63, 3.8) is 0 Å². The molecule has 6 N–H and O–H groups in total. The molecule has 0 saturated heterocycles. The number of amides is 2. The molecule has 3 aliphatic rings. The van der Waals surface area contributed by atoms with Gasteiger partial charge in [-0.25, -0.2) is 8.42 Å². The Bertz CT molecular complexity index is 3660. The Morgan fingerprint density at radius 3 is 1.13 bits per heavy atom. The quantitative estimate of drug-likeness (QED) is 0.0227. The van der Waals surface area contributed by atoms with Gasteiger partial charge in [-0.3, -0.25) is 9.59 Å². The van der Waals surface area contributed by atoms with Crippen LogP contribution in [-0.2, 0) is 80.3 Å². The second-order valence-corrected chi connectivity index (χ2v) is 30.3. The van der Waals surface area contributed by atoms with E-state index in [0.717, 1.165) is 105 Å². The van der Waals surface area contributed by atoms with Gasteiger partial charge in [-0.15, -0.1) is 0 Å². The number of hydrogen-bond acceptors (Lipinski definition) is 16. The van der Waals surface area contributed by atoms with E-state index in [0.29, 0.717) is 83.8 Å². The molecule has 9 rings (SSSR count). The highest BCUT2D eigenvalue weighted by Gasteiger charge is 2.32. The van der Waals surface area contributed by atoms with Crippen molar-refractivity contribution in [3.8, 4) is 0 Å². The van der Waals surface area contributed by atoms with Crippen molar-refractivity contribution in [2.24, 2.45) is 5.73 Å². The zero-order valence-corrected chi connectivity index (χ0v) is 62.7. The molecule has 0 aromatic heterocycles. The highest BCUT2D eigenvalue weighted by Crippen LogP contribution is 2.42. The van der Waals surface area contributed by atoms with E-state index in [1.807, 2.05) is 43.4 Å². The minimum Gasteiger partial charge on any atom is -0.380 e. The number of benzene rings is 6. The largest absolute Gasteiger partial charge is 0.380 e. The third kappa shape index (κ3) is 25.1. The number of nitrogens with zero attached hydrogens (tertiary/aromatic N) is 3. The molecule has 100 heavy (non-hydrogen) atoms. The number of aliphatic hydroxyl groups is 2.